The first-order valence-electron chi connectivity index (χ1n) is 7.64. The molecule has 0 aromatic rings. The summed E-state index contributed by atoms with van der Waals surface area (Å²) in [5.41, 5.74) is 0.309. The zero-order valence-corrected chi connectivity index (χ0v) is 11.2. The number of nitrogens with one attached hydrogen (secondary N) is 1. The van der Waals surface area contributed by atoms with Crippen LogP contribution < -0.4 is 5.32 Å². The average molecular weight is 237 g/mol. The lowest BCUT2D eigenvalue weighted by atomic mass is 9.75. The second kappa shape index (κ2) is 4.89. The Morgan fingerprint density at radius 3 is 2.65 bits per heavy atom. The van der Waals surface area contributed by atoms with Crippen molar-refractivity contribution in [2.75, 3.05) is 13.7 Å². The minimum Gasteiger partial charge on any atom is -0.375 e. The molecule has 1 aliphatic heterocycles. The molecule has 3 aliphatic rings. The highest BCUT2D eigenvalue weighted by molar-refractivity contribution is 4.96. The molecule has 1 N–H and O–H groups in total. The van der Waals surface area contributed by atoms with E-state index in [0.717, 1.165) is 24.5 Å². The molecule has 3 rings (SSSR count). The van der Waals surface area contributed by atoms with E-state index in [-0.39, 0.29) is 0 Å². The molecule has 1 heterocycles. The molecule has 0 bridgehead atoms. The average Bonchev–Trinajstić information content (AvgIpc) is 2.98. The highest BCUT2D eigenvalue weighted by atomic mass is 16.5. The van der Waals surface area contributed by atoms with E-state index in [1.807, 2.05) is 0 Å². The van der Waals surface area contributed by atoms with Crippen molar-refractivity contribution in [3.05, 3.63) is 0 Å². The summed E-state index contributed by atoms with van der Waals surface area (Å²) in [5.74, 6) is 1.86. The van der Waals surface area contributed by atoms with E-state index in [2.05, 4.69) is 12.4 Å². The summed E-state index contributed by atoms with van der Waals surface area (Å²) in [7, 11) is 2.15. The van der Waals surface area contributed by atoms with Gasteiger partial charge in [-0.15, -0.1) is 0 Å². The van der Waals surface area contributed by atoms with Crippen molar-refractivity contribution in [1.29, 1.82) is 0 Å². The number of rotatable bonds is 2. The smallest absolute Gasteiger partial charge is 0.0685 e. The van der Waals surface area contributed by atoms with Gasteiger partial charge in [0.1, 0.15) is 0 Å². The monoisotopic (exact) mass is 237 g/mol. The summed E-state index contributed by atoms with van der Waals surface area (Å²) < 4.78 is 6.16. The summed E-state index contributed by atoms with van der Waals surface area (Å²) in [5, 5.41) is 3.55. The Morgan fingerprint density at radius 1 is 1.06 bits per heavy atom. The van der Waals surface area contributed by atoms with Gasteiger partial charge in [-0.05, 0) is 57.4 Å². The Labute approximate surface area is 105 Å². The largest absolute Gasteiger partial charge is 0.375 e. The second-order valence-electron chi connectivity index (χ2n) is 6.48. The van der Waals surface area contributed by atoms with Crippen molar-refractivity contribution >= 4 is 0 Å². The van der Waals surface area contributed by atoms with Gasteiger partial charge in [-0.2, -0.15) is 0 Å². The molecule has 17 heavy (non-hydrogen) atoms. The lowest BCUT2D eigenvalue weighted by molar-refractivity contribution is -0.103. The Hall–Kier alpha value is -0.0800. The summed E-state index contributed by atoms with van der Waals surface area (Å²) in [6.45, 7) is 1.03. The fourth-order valence-corrected chi connectivity index (χ4v) is 4.71. The summed E-state index contributed by atoms with van der Waals surface area (Å²) >= 11 is 0. The summed E-state index contributed by atoms with van der Waals surface area (Å²) in [6.07, 6.45) is 12.4. The van der Waals surface area contributed by atoms with E-state index < -0.39 is 0 Å². The van der Waals surface area contributed by atoms with Crippen LogP contribution in [0.25, 0.3) is 0 Å². The van der Waals surface area contributed by atoms with Crippen molar-refractivity contribution in [2.45, 2.75) is 69.4 Å². The van der Waals surface area contributed by atoms with Crippen LogP contribution in [-0.4, -0.2) is 25.3 Å². The minimum absolute atomic E-state index is 0.309. The Bertz CT molecular complexity index is 260. The standard InChI is InChI=1S/C15H27NO/c1-16-14-6-4-5-13(14)12-7-10-17-15(11-12)8-2-3-9-15/h12-14,16H,2-11H2,1H3. The van der Waals surface area contributed by atoms with Crippen molar-refractivity contribution in [3.63, 3.8) is 0 Å². The SMILES string of the molecule is CNC1CCCC1C1CCOC2(CCCC2)C1. The first-order valence-corrected chi connectivity index (χ1v) is 7.64. The topological polar surface area (TPSA) is 21.3 Å². The molecule has 0 radical (unpaired) electrons. The van der Waals surface area contributed by atoms with Crippen LogP contribution in [0.15, 0.2) is 0 Å². The van der Waals surface area contributed by atoms with Gasteiger partial charge in [0.15, 0.2) is 0 Å². The molecular formula is C15H27NO. The molecule has 2 heteroatoms. The van der Waals surface area contributed by atoms with Gasteiger partial charge in [0.05, 0.1) is 5.60 Å². The van der Waals surface area contributed by atoms with Gasteiger partial charge >= 0.3 is 0 Å². The molecule has 3 atom stereocenters. The second-order valence-corrected chi connectivity index (χ2v) is 6.48. The van der Waals surface area contributed by atoms with E-state index in [9.17, 15) is 0 Å². The van der Waals surface area contributed by atoms with Gasteiger partial charge in [-0.3, -0.25) is 0 Å². The third kappa shape index (κ3) is 2.26. The van der Waals surface area contributed by atoms with Crippen molar-refractivity contribution in [1.82, 2.24) is 5.32 Å². The highest BCUT2D eigenvalue weighted by Crippen LogP contribution is 2.46. The molecule has 2 nitrogen and oxygen atoms in total. The van der Waals surface area contributed by atoms with Crippen LogP contribution in [0.2, 0.25) is 0 Å². The van der Waals surface area contributed by atoms with Crippen LogP contribution >= 0.6 is 0 Å². The van der Waals surface area contributed by atoms with E-state index in [1.165, 1.54) is 57.8 Å². The van der Waals surface area contributed by atoms with Crippen LogP contribution in [0.1, 0.15) is 57.8 Å². The fraction of sp³-hybridized carbons (Fsp3) is 1.00. The third-order valence-electron chi connectivity index (χ3n) is 5.59. The van der Waals surface area contributed by atoms with Gasteiger partial charge in [-0.25, -0.2) is 0 Å². The maximum Gasteiger partial charge on any atom is 0.0685 e. The van der Waals surface area contributed by atoms with Gasteiger partial charge in [0, 0.05) is 12.6 Å². The molecule has 3 fully saturated rings. The fourth-order valence-electron chi connectivity index (χ4n) is 4.71. The molecule has 1 saturated heterocycles. The number of hydrogen-bond acceptors (Lipinski definition) is 2. The Kier molecular flexibility index (Phi) is 3.45. The van der Waals surface area contributed by atoms with Gasteiger partial charge in [0.2, 0.25) is 0 Å². The quantitative estimate of drug-likeness (QED) is 0.797. The lowest BCUT2D eigenvalue weighted by Gasteiger charge is -2.42. The Morgan fingerprint density at radius 2 is 1.88 bits per heavy atom. The van der Waals surface area contributed by atoms with Crippen molar-refractivity contribution < 1.29 is 4.74 Å². The molecule has 98 valence electrons. The molecule has 0 aromatic heterocycles. The number of ether oxygens (including phenoxy) is 1. The highest BCUT2D eigenvalue weighted by Gasteiger charge is 2.44. The summed E-state index contributed by atoms with van der Waals surface area (Å²) in [4.78, 5) is 0. The molecular weight excluding hydrogens is 210 g/mol. The maximum atomic E-state index is 6.16. The zero-order chi connectivity index (χ0) is 11.7. The molecule has 3 unspecified atom stereocenters. The zero-order valence-electron chi connectivity index (χ0n) is 11.2. The maximum absolute atomic E-state index is 6.16. The molecule has 1 spiro atoms. The van der Waals surface area contributed by atoms with Crippen molar-refractivity contribution in [3.8, 4) is 0 Å². The van der Waals surface area contributed by atoms with Gasteiger partial charge < -0.3 is 10.1 Å². The molecule has 2 aliphatic carbocycles. The third-order valence-corrected chi connectivity index (χ3v) is 5.59. The number of hydrogen-bond donors (Lipinski definition) is 1. The first-order chi connectivity index (χ1) is 8.33. The predicted molar refractivity (Wildman–Crippen MR) is 70.1 cm³/mol. The van der Waals surface area contributed by atoms with Crippen LogP contribution in [0.4, 0.5) is 0 Å². The molecule has 0 aromatic carbocycles. The van der Waals surface area contributed by atoms with E-state index in [1.54, 1.807) is 0 Å². The summed E-state index contributed by atoms with van der Waals surface area (Å²) in [6, 6.07) is 0.788. The predicted octanol–water partition coefficient (Wildman–Crippen LogP) is 3.11. The lowest BCUT2D eigenvalue weighted by Crippen LogP contribution is -2.43. The Balaban J connectivity index is 1.67. The van der Waals surface area contributed by atoms with E-state index >= 15 is 0 Å². The van der Waals surface area contributed by atoms with E-state index in [4.69, 9.17) is 4.74 Å². The molecule has 2 saturated carbocycles. The first kappa shape index (κ1) is 12.0. The van der Waals surface area contributed by atoms with Crippen LogP contribution in [0.3, 0.4) is 0 Å². The van der Waals surface area contributed by atoms with Gasteiger partial charge in [-0.1, -0.05) is 19.3 Å². The van der Waals surface area contributed by atoms with Crippen LogP contribution in [-0.2, 0) is 4.74 Å². The minimum atomic E-state index is 0.309. The normalized spacial score (nSPS) is 41.1. The molecule has 0 amide bonds. The van der Waals surface area contributed by atoms with E-state index in [0.29, 0.717) is 5.60 Å². The van der Waals surface area contributed by atoms with Crippen molar-refractivity contribution in [2.24, 2.45) is 11.8 Å². The van der Waals surface area contributed by atoms with Crippen LogP contribution in [0.5, 0.6) is 0 Å². The van der Waals surface area contributed by atoms with Gasteiger partial charge in [0.25, 0.3) is 0 Å². The van der Waals surface area contributed by atoms with Crippen LogP contribution in [0, 0.1) is 11.8 Å².